The summed E-state index contributed by atoms with van der Waals surface area (Å²) in [6.07, 6.45) is 0. The second-order valence-electron chi connectivity index (χ2n) is 5.79. The van der Waals surface area contributed by atoms with Crippen molar-refractivity contribution in [2.24, 2.45) is 0 Å². The van der Waals surface area contributed by atoms with Crippen molar-refractivity contribution in [2.45, 2.75) is 0 Å². The zero-order valence-electron chi connectivity index (χ0n) is 13.9. The van der Waals surface area contributed by atoms with Crippen LogP contribution in [0.4, 0.5) is 0 Å². The molecule has 0 atom stereocenters. The SMILES string of the molecule is O=c1nc(-c2ccccc2)cc(-c2ccc(Oc3ccccc3)cc2)[nH]1. The van der Waals surface area contributed by atoms with Crippen molar-refractivity contribution in [1.29, 1.82) is 0 Å². The molecule has 4 rings (SSSR count). The van der Waals surface area contributed by atoms with E-state index in [1.54, 1.807) is 0 Å². The van der Waals surface area contributed by atoms with E-state index in [0.717, 1.165) is 28.3 Å². The summed E-state index contributed by atoms with van der Waals surface area (Å²) in [5.74, 6) is 1.52. The Kier molecular flexibility index (Phi) is 4.31. The first-order chi connectivity index (χ1) is 12.8. The number of H-pyrrole nitrogens is 1. The molecular weight excluding hydrogens is 324 g/mol. The number of hydrogen-bond donors (Lipinski definition) is 1. The van der Waals surface area contributed by atoms with Gasteiger partial charge in [0.2, 0.25) is 0 Å². The molecule has 0 unspecified atom stereocenters. The summed E-state index contributed by atoms with van der Waals surface area (Å²) >= 11 is 0. The normalized spacial score (nSPS) is 10.5. The van der Waals surface area contributed by atoms with Crippen LogP contribution in [0, 0.1) is 0 Å². The summed E-state index contributed by atoms with van der Waals surface area (Å²) in [6.45, 7) is 0. The molecule has 0 bridgehead atoms. The Morgan fingerprint density at radius 2 is 1.31 bits per heavy atom. The Labute approximate surface area is 150 Å². The fourth-order valence-corrected chi connectivity index (χ4v) is 2.70. The number of benzene rings is 3. The smallest absolute Gasteiger partial charge is 0.345 e. The Hall–Kier alpha value is -3.66. The maximum atomic E-state index is 12.0. The van der Waals surface area contributed by atoms with Gasteiger partial charge in [-0.05, 0) is 48.0 Å². The van der Waals surface area contributed by atoms with Gasteiger partial charge in [-0.15, -0.1) is 0 Å². The van der Waals surface area contributed by atoms with Crippen molar-refractivity contribution in [3.63, 3.8) is 0 Å². The van der Waals surface area contributed by atoms with Gasteiger partial charge in [-0.2, -0.15) is 4.98 Å². The largest absolute Gasteiger partial charge is 0.457 e. The Morgan fingerprint density at radius 1 is 0.692 bits per heavy atom. The van der Waals surface area contributed by atoms with Crippen molar-refractivity contribution in [1.82, 2.24) is 9.97 Å². The summed E-state index contributed by atoms with van der Waals surface area (Å²) < 4.78 is 5.80. The van der Waals surface area contributed by atoms with E-state index < -0.39 is 0 Å². The number of aromatic amines is 1. The zero-order chi connectivity index (χ0) is 17.8. The van der Waals surface area contributed by atoms with Gasteiger partial charge in [-0.1, -0.05) is 48.5 Å². The van der Waals surface area contributed by atoms with E-state index in [4.69, 9.17) is 4.74 Å². The lowest BCUT2D eigenvalue weighted by Crippen LogP contribution is -2.11. The maximum absolute atomic E-state index is 12.0. The van der Waals surface area contributed by atoms with Crippen LogP contribution in [0.1, 0.15) is 0 Å². The lowest BCUT2D eigenvalue weighted by Gasteiger charge is -2.08. The van der Waals surface area contributed by atoms with E-state index in [1.165, 1.54) is 0 Å². The first kappa shape index (κ1) is 15.8. The van der Waals surface area contributed by atoms with Crippen LogP contribution in [0.2, 0.25) is 0 Å². The molecule has 0 aliphatic carbocycles. The molecule has 4 heteroatoms. The minimum absolute atomic E-state index is 0.369. The van der Waals surface area contributed by atoms with Crippen molar-refractivity contribution in [3.8, 4) is 34.0 Å². The third-order valence-electron chi connectivity index (χ3n) is 3.96. The van der Waals surface area contributed by atoms with E-state index >= 15 is 0 Å². The van der Waals surface area contributed by atoms with Crippen LogP contribution in [-0.2, 0) is 0 Å². The number of nitrogens with zero attached hydrogens (tertiary/aromatic N) is 1. The summed E-state index contributed by atoms with van der Waals surface area (Å²) in [6, 6.07) is 28.7. The highest BCUT2D eigenvalue weighted by molar-refractivity contribution is 5.67. The molecule has 1 aromatic heterocycles. The highest BCUT2D eigenvalue weighted by atomic mass is 16.5. The van der Waals surface area contributed by atoms with Crippen LogP contribution in [0.3, 0.4) is 0 Å². The monoisotopic (exact) mass is 340 g/mol. The lowest BCUT2D eigenvalue weighted by atomic mass is 10.1. The molecule has 4 aromatic rings. The van der Waals surface area contributed by atoms with Crippen LogP contribution >= 0.6 is 0 Å². The third kappa shape index (κ3) is 3.54. The molecule has 4 nitrogen and oxygen atoms in total. The molecule has 1 N–H and O–H groups in total. The fourth-order valence-electron chi connectivity index (χ4n) is 2.70. The van der Waals surface area contributed by atoms with Crippen LogP contribution in [-0.4, -0.2) is 9.97 Å². The first-order valence-electron chi connectivity index (χ1n) is 8.28. The molecule has 0 amide bonds. The Balaban J connectivity index is 1.63. The topological polar surface area (TPSA) is 55.0 Å². The molecule has 0 spiro atoms. The van der Waals surface area contributed by atoms with E-state index in [-0.39, 0.29) is 5.69 Å². The van der Waals surface area contributed by atoms with Crippen molar-refractivity contribution in [2.75, 3.05) is 0 Å². The highest BCUT2D eigenvalue weighted by Gasteiger charge is 2.06. The van der Waals surface area contributed by atoms with Gasteiger partial charge in [0.05, 0.1) is 11.4 Å². The van der Waals surface area contributed by atoms with Crippen LogP contribution in [0.5, 0.6) is 11.5 Å². The molecule has 1 heterocycles. The quantitative estimate of drug-likeness (QED) is 0.575. The van der Waals surface area contributed by atoms with E-state index in [0.29, 0.717) is 5.69 Å². The standard InChI is InChI=1S/C22H16N2O2/c25-22-23-20(16-7-3-1-4-8-16)15-21(24-22)17-11-13-19(14-12-17)26-18-9-5-2-6-10-18/h1-15H,(H,23,24,25). The molecule has 0 saturated carbocycles. The Bertz CT molecular complexity index is 1060. The first-order valence-corrected chi connectivity index (χ1v) is 8.28. The molecule has 0 saturated heterocycles. The van der Waals surface area contributed by atoms with Crippen molar-refractivity contribution in [3.05, 3.63) is 101 Å². The molecule has 0 aliphatic heterocycles. The van der Waals surface area contributed by atoms with Crippen molar-refractivity contribution >= 4 is 0 Å². The molecule has 3 aromatic carbocycles. The predicted molar refractivity (Wildman–Crippen MR) is 102 cm³/mol. The Morgan fingerprint density at radius 3 is 2.00 bits per heavy atom. The van der Waals surface area contributed by atoms with Gasteiger partial charge in [0.1, 0.15) is 11.5 Å². The molecule has 0 radical (unpaired) electrons. The van der Waals surface area contributed by atoms with Gasteiger partial charge < -0.3 is 9.72 Å². The summed E-state index contributed by atoms with van der Waals surface area (Å²) in [7, 11) is 0. The average Bonchev–Trinajstić information content (AvgIpc) is 2.70. The van der Waals surface area contributed by atoms with Gasteiger partial charge in [-0.25, -0.2) is 4.79 Å². The summed E-state index contributed by atoms with van der Waals surface area (Å²) in [5.41, 5.74) is 2.79. The average molecular weight is 340 g/mol. The van der Waals surface area contributed by atoms with E-state index in [2.05, 4.69) is 9.97 Å². The summed E-state index contributed by atoms with van der Waals surface area (Å²) in [5, 5.41) is 0. The number of aromatic nitrogens is 2. The lowest BCUT2D eigenvalue weighted by molar-refractivity contribution is 0.483. The third-order valence-corrected chi connectivity index (χ3v) is 3.96. The summed E-state index contributed by atoms with van der Waals surface area (Å²) in [4.78, 5) is 18.8. The minimum Gasteiger partial charge on any atom is -0.457 e. The number of rotatable bonds is 4. The fraction of sp³-hybridized carbons (Fsp3) is 0. The molecule has 26 heavy (non-hydrogen) atoms. The van der Waals surface area contributed by atoms with Gasteiger partial charge in [-0.3, -0.25) is 0 Å². The second kappa shape index (κ2) is 7.07. The molecule has 0 fully saturated rings. The van der Waals surface area contributed by atoms with Crippen LogP contribution in [0.15, 0.2) is 95.8 Å². The number of ether oxygens (including phenoxy) is 1. The highest BCUT2D eigenvalue weighted by Crippen LogP contribution is 2.26. The number of hydrogen-bond acceptors (Lipinski definition) is 3. The number of nitrogens with one attached hydrogen (secondary N) is 1. The minimum atomic E-state index is -0.369. The van der Waals surface area contributed by atoms with Crippen LogP contribution < -0.4 is 10.4 Å². The second-order valence-corrected chi connectivity index (χ2v) is 5.79. The van der Waals surface area contributed by atoms with Gasteiger partial charge >= 0.3 is 5.69 Å². The van der Waals surface area contributed by atoms with E-state index in [9.17, 15) is 4.79 Å². The number of para-hydroxylation sites is 1. The van der Waals surface area contributed by atoms with Crippen LogP contribution in [0.25, 0.3) is 22.5 Å². The van der Waals surface area contributed by atoms with Gasteiger partial charge in [0.15, 0.2) is 0 Å². The maximum Gasteiger partial charge on any atom is 0.345 e. The zero-order valence-corrected chi connectivity index (χ0v) is 13.9. The van der Waals surface area contributed by atoms with Crippen molar-refractivity contribution < 1.29 is 4.74 Å². The van der Waals surface area contributed by atoms with Gasteiger partial charge in [0, 0.05) is 5.56 Å². The molecular formula is C22H16N2O2. The van der Waals surface area contributed by atoms with E-state index in [1.807, 2.05) is 91.0 Å². The van der Waals surface area contributed by atoms with Gasteiger partial charge in [0.25, 0.3) is 0 Å². The molecule has 0 aliphatic rings. The molecule has 126 valence electrons. The predicted octanol–water partition coefficient (Wildman–Crippen LogP) is 4.90.